The number of para-hydroxylation sites is 2. The highest BCUT2D eigenvalue weighted by molar-refractivity contribution is 6.35. The summed E-state index contributed by atoms with van der Waals surface area (Å²) in [7, 11) is 0. The Balaban J connectivity index is 2.10. The third-order valence-corrected chi connectivity index (χ3v) is 3.33. The molecule has 0 saturated heterocycles. The van der Waals surface area contributed by atoms with Crippen molar-refractivity contribution in [2.75, 3.05) is 0 Å². The van der Waals surface area contributed by atoms with Crippen molar-refractivity contribution >= 4 is 34.9 Å². The van der Waals surface area contributed by atoms with E-state index in [-0.39, 0.29) is 22.2 Å². The monoisotopic (exact) mass is 355 g/mol. The quantitative estimate of drug-likeness (QED) is 0.346. The Morgan fingerprint density at radius 3 is 2.52 bits per heavy atom. The molecule has 0 N–H and O–H groups in total. The van der Waals surface area contributed by atoms with Gasteiger partial charge in [-0.2, -0.15) is 0 Å². The van der Waals surface area contributed by atoms with Crippen molar-refractivity contribution in [2.24, 2.45) is 0 Å². The molecule has 6 nitrogen and oxygen atoms in total. The summed E-state index contributed by atoms with van der Waals surface area (Å²) in [5.74, 6) is -0.687. The van der Waals surface area contributed by atoms with E-state index >= 15 is 0 Å². The van der Waals surface area contributed by atoms with Gasteiger partial charge in [0.1, 0.15) is 5.75 Å². The van der Waals surface area contributed by atoms with E-state index in [9.17, 15) is 14.9 Å². The second-order valence-corrected chi connectivity index (χ2v) is 5.32. The SMILES string of the molecule is CC(Oc1ccc(Cl)cc1Cl)C(=O)Oc1ccccc1[N+](=O)[O-]. The Morgan fingerprint density at radius 1 is 1.17 bits per heavy atom. The van der Waals surface area contributed by atoms with E-state index < -0.39 is 17.0 Å². The van der Waals surface area contributed by atoms with Gasteiger partial charge >= 0.3 is 11.7 Å². The van der Waals surface area contributed by atoms with Crippen LogP contribution in [0.5, 0.6) is 11.5 Å². The highest BCUT2D eigenvalue weighted by Crippen LogP contribution is 2.29. The molecule has 2 rings (SSSR count). The van der Waals surface area contributed by atoms with Gasteiger partial charge < -0.3 is 9.47 Å². The number of hydrogen-bond donors (Lipinski definition) is 0. The maximum Gasteiger partial charge on any atom is 0.352 e. The standard InChI is InChI=1S/C15H11Cl2NO5/c1-9(22-13-7-6-10(16)8-11(13)17)15(19)23-14-5-3-2-4-12(14)18(20)21/h2-9H,1H3. The van der Waals surface area contributed by atoms with Crippen molar-refractivity contribution in [1.29, 1.82) is 0 Å². The van der Waals surface area contributed by atoms with Gasteiger partial charge in [-0.1, -0.05) is 35.3 Å². The summed E-state index contributed by atoms with van der Waals surface area (Å²) in [6.07, 6.45) is -1.02. The summed E-state index contributed by atoms with van der Waals surface area (Å²) in [6.45, 7) is 1.45. The molecule has 2 aromatic rings. The van der Waals surface area contributed by atoms with Crippen LogP contribution in [0.25, 0.3) is 0 Å². The van der Waals surface area contributed by atoms with E-state index in [1.165, 1.54) is 43.3 Å². The van der Waals surface area contributed by atoms with Crippen molar-refractivity contribution in [3.8, 4) is 11.5 Å². The number of rotatable bonds is 5. The molecule has 1 atom stereocenters. The zero-order chi connectivity index (χ0) is 17.0. The molecule has 0 radical (unpaired) electrons. The topological polar surface area (TPSA) is 78.7 Å². The number of ether oxygens (including phenoxy) is 2. The molecule has 0 fully saturated rings. The average molecular weight is 356 g/mol. The maximum absolute atomic E-state index is 12.0. The van der Waals surface area contributed by atoms with Crippen molar-refractivity contribution < 1.29 is 19.2 Å². The Hall–Kier alpha value is -2.31. The molecule has 2 aromatic carbocycles. The Kier molecular flexibility index (Phi) is 5.41. The van der Waals surface area contributed by atoms with Gasteiger partial charge in [-0.05, 0) is 31.2 Å². The van der Waals surface area contributed by atoms with E-state index in [0.717, 1.165) is 0 Å². The van der Waals surface area contributed by atoms with Gasteiger partial charge in [-0.15, -0.1) is 0 Å². The summed E-state index contributed by atoms with van der Waals surface area (Å²) in [6, 6.07) is 10.1. The summed E-state index contributed by atoms with van der Waals surface area (Å²) in [4.78, 5) is 22.3. The van der Waals surface area contributed by atoms with E-state index in [4.69, 9.17) is 32.7 Å². The van der Waals surface area contributed by atoms with Crippen LogP contribution in [0.3, 0.4) is 0 Å². The molecule has 0 aromatic heterocycles. The minimum absolute atomic E-state index is 0.153. The van der Waals surface area contributed by atoms with Crippen molar-refractivity contribution in [3.63, 3.8) is 0 Å². The highest BCUT2D eigenvalue weighted by atomic mass is 35.5. The summed E-state index contributed by atoms with van der Waals surface area (Å²) >= 11 is 11.7. The molecule has 0 bridgehead atoms. The number of halogens is 2. The van der Waals surface area contributed by atoms with Gasteiger partial charge in [-0.3, -0.25) is 10.1 Å². The summed E-state index contributed by atoms with van der Waals surface area (Å²) in [5.41, 5.74) is -0.308. The van der Waals surface area contributed by atoms with Crippen molar-refractivity contribution in [3.05, 3.63) is 62.6 Å². The number of carbonyl (C=O) groups excluding carboxylic acids is 1. The molecular weight excluding hydrogens is 345 g/mol. The van der Waals surface area contributed by atoms with Crippen LogP contribution in [0, 0.1) is 10.1 Å². The van der Waals surface area contributed by atoms with Crippen LogP contribution in [-0.2, 0) is 4.79 Å². The van der Waals surface area contributed by atoms with Gasteiger partial charge in [0.15, 0.2) is 6.10 Å². The van der Waals surface area contributed by atoms with Gasteiger partial charge in [0.2, 0.25) is 5.75 Å². The smallest absolute Gasteiger partial charge is 0.352 e. The zero-order valence-electron chi connectivity index (χ0n) is 11.9. The number of carbonyl (C=O) groups is 1. The zero-order valence-corrected chi connectivity index (χ0v) is 13.4. The van der Waals surface area contributed by atoms with Gasteiger partial charge in [-0.25, -0.2) is 4.79 Å². The largest absolute Gasteiger partial charge is 0.477 e. The lowest BCUT2D eigenvalue weighted by Crippen LogP contribution is -2.28. The lowest BCUT2D eigenvalue weighted by atomic mass is 10.3. The predicted octanol–water partition coefficient (Wildman–Crippen LogP) is 4.27. The van der Waals surface area contributed by atoms with Crippen LogP contribution < -0.4 is 9.47 Å². The first-order valence-electron chi connectivity index (χ1n) is 6.45. The van der Waals surface area contributed by atoms with Crippen LogP contribution >= 0.6 is 23.2 Å². The lowest BCUT2D eigenvalue weighted by molar-refractivity contribution is -0.385. The lowest BCUT2D eigenvalue weighted by Gasteiger charge is -2.14. The average Bonchev–Trinajstić information content (AvgIpc) is 2.50. The number of nitro groups is 1. The molecule has 0 saturated carbocycles. The first-order valence-corrected chi connectivity index (χ1v) is 7.21. The molecule has 23 heavy (non-hydrogen) atoms. The summed E-state index contributed by atoms with van der Waals surface area (Å²) in [5, 5.41) is 11.6. The van der Waals surface area contributed by atoms with E-state index in [0.29, 0.717) is 5.02 Å². The van der Waals surface area contributed by atoms with Gasteiger partial charge in [0.25, 0.3) is 0 Å². The Morgan fingerprint density at radius 2 is 1.87 bits per heavy atom. The molecule has 0 heterocycles. The molecule has 0 aliphatic heterocycles. The molecule has 0 aliphatic carbocycles. The minimum atomic E-state index is -1.02. The fraction of sp³-hybridized carbons (Fsp3) is 0.133. The summed E-state index contributed by atoms with van der Waals surface area (Å²) < 4.78 is 10.4. The molecule has 0 amide bonds. The van der Waals surface area contributed by atoms with Crippen LogP contribution in [0.15, 0.2) is 42.5 Å². The molecule has 120 valence electrons. The maximum atomic E-state index is 12.0. The van der Waals surface area contributed by atoms with Gasteiger partial charge in [0, 0.05) is 11.1 Å². The number of benzene rings is 2. The number of hydrogen-bond acceptors (Lipinski definition) is 5. The molecule has 1 unspecified atom stereocenters. The van der Waals surface area contributed by atoms with Crippen LogP contribution in [0.1, 0.15) is 6.92 Å². The van der Waals surface area contributed by atoms with E-state index in [2.05, 4.69) is 0 Å². The first-order chi connectivity index (χ1) is 10.9. The van der Waals surface area contributed by atoms with Crippen LogP contribution in [0.4, 0.5) is 5.69 Å². The minimum Gasteiger partial charge on any atom is -0.477 e. The highest BCUT2D eigenvalue weighted by Gasteiger charge is 2.23. The first kappa shape index (κ1) is 17.1. The number of nitrogens with zero attached hydrogens (tertiary/aromatic N) is 1. The molecule has 0 aliphatic rings. The third-order valence-electron chi connectivity index (χ3n) is 2.80. The van der Waals surface area contributed by atoms with E-state index in [1.807, 2.05) is 0 Å². The van der Waals surface area contributed by atoms with Crippen LogP contribution in [-0.4, -0.2) is 17.0 Å². The normalized spacial score (nSPS) is 11.6. The van der Waals surface area contributed by atoms with Crippen molar-refractivity contribution in [2.45, 2.75) is 13.0 Å². The molecular formula is C15H11Cl2NO5. The van der Waals surface area contributed by atoms with Crippen LogP contribution in [0.2, 0.25) is 10.0 Å². The fourth-order valence-corrected chi connectivity index (χ4v) is 2.15. The Bertz CT molecular complexity index is 750. The fourth-order valence-electron chi connectivity index (χ4n) is 1.70. The molecule has 8 heteroatoms. The van der Waals surface area contributed by atoms with Gasteiger partial charge in [0.05, 0.1) is 9.95 Å². The Labute approximate surface area is 141 Å². The van der Waals surface area contributed by atoms with E-state index in [1.54, 1.807) is 6.07 Å². The second-order valence-electron chi connectivity index (χ2n) is 4.48. The number of nitro benzene ring substituents is 1. The number of esters is 1. The third kappa shape index (κ3) is 4.34. The molecule has 0 spiro atoms. The van der Waals surface area contributed by atoms with Crippen molar-refractivity contribution in [1.82, 2.24) is 0 Å². The predicted molar refractivity (Wildman–Crippen MR) is 85.3 cm³/mol. The second kappa shape index (κ2) is 7.30.